The van der Waals surface area contributed by atoms with Crippen LogP contribution in [0.4, 0.5) is 0 Å². The molecule has 5 N–H and O–H groups in total. The van der Waals surface area contributed by atoms with Crippen LogP contribution in [0, 0.1) is 11.8 Å². The lowest BCUT2D eigenvalue weighted by molar-refractivity contribution is -0.151. The van der Waals surface area contributed by atoms with Crippen molar-refractivity contribution in [2.75, 3.05) is 26.4 Å². The van der Waals surface area contributed by atoms with Crippen molar-refractivity contribution in [3.63, 3.8) is 0 Å². The number of hydrogen-bond acceptors (Lipinski definition) is 10. The van der Waals surface area contributed by atoms with Crippen LogP contribution < -0.4 is 22.1 Å². The van der Waals surface area contributed by atoms with Gasteiger partial charge in [0.05, 0.1) is 31.7 Å². The highest BCUT2D eigenvalue weighted by Gasteiger charge is 2.23. The molecule has 0 saturated heterocycles. The van der Waals surface area contributed by atoms with Gasteiger partial charge in [-0.25, -0.2) is 10.2 Å². The number of hydrogen-bond donors (Lipinski definition) is 4. The predicted molar refractivity (Wildman–Crippen MR) is 187 cm³/mol. The van der Waals surface area contributed by atoms with Crippen LogP contribution in [0.2, 0.25) is 0 Å². The summed E-state index contributed by atoms with van der Waals surface area (Å²) in [6.45, 7) is 9.54. The Morgan fingerprint density at radius 1 is 0.532 bits per heavy atom. The monoisotopic (exact) mass is 671 g/mol. The first-order valence-corrected chi connectivity index (χ1v) is 18.8. The fourth-order valence-electron chi connectivity index (χ4n) is 5.39. The molecule has 276 valence electrons. The highest BCUT2D eigenvalue weighted by Crippen LogP contribution is 2.20. The second kappa shape index (κ2) is 32.3. The Balaban J connectivity index is 4.55. The van der Waals surface area contributed by atoms with E-state index in [9.17, 15) is 19.2 Å². The summed E-state index contributed by atoms with van der Waals surface area (Å²) in [6, 6.07) is -0.850. The minimum absolute atomic E-state index is 0.0410. The number of nitrogens with one attached hydrogen (secondary N) is 3. The smallest absolute Gasteiger partial charge is 0.328 e. The first-order chi connectivity index (χ1) is 22.8. The van der Waals surface area contributed by atoms with Crippen molar-refractivity contribution in [1.29, 1.82) is 0 Å². The van der Waals surface area contributed by atoms with Crippen LogP contribution in [0.25, 0.3) is 0 Å². The fraction of sp³-hybridized carbons (Fsp3) is 0.889. The molecule has 0 aliphatic rings. The molecule has 0 fully saturated rings. The quantitative estimate of drug-likeness (QED) is 0.0198. The van der Waals surface area contributed by atoms with Crippen molar-refractivity contribution >= 4 is 23.8 Å². The Bertz CT molecular complexity index is 799. The average Bonchev–Trinajstić information content (AvgIpc) is 3.06. The number of ether oxygens (including phenoxy) is 3. The van der Waals surface area contributed by atoms with E-state index in [0.717, 1.165) is 83.5 Å². The second-order valence-electron chi connectivity index (χ2n) is 12.7. The summed E-state index contributed by atoms with van der Waals surface area (Å²) in [5.74, 6) is 4.00. The number of nitrogens with two attached hydrogens (primary N) is 1. The van der Waals surface area contributed by atoms with Gasteiger partial charge in [0, 0.05) is 13.0 Å². The highest BCUT2D eigenvalue weighted by molar-refractivity contribution is 5.84. The molecule has 0 bridgehead atoms. The lowest BCUT2D eigenvalue weighted by Crippen LogP contribution is -2.46. The zero-order valence-electron chi connectivity index (χ0n) is 30.3. The predicted octanol–water partition coefficient (Wildman–Crippen LogP) is 6.57. The maximum Gasteiger partial charge on any atom is 0.328 e. The van der Waals surface area contributed by atoms with E-state index in [-0.39, 0.29) is 55.7 Å². The molecule has 0 aliphatic heterocycles. The van der Waals surface area contributed by atoms with E-state index in [1.54, 1.807) is 0 Å². The van der Waals surface area contributed by atoms with E-state index in [2.05, 4.69) is 44.0 Å². The maximum atomic E-state index is 12.8. The zero-order valence-corrected chi connectivity index (χ0v) is 30.3. The van der Waals surface area contributed by atoms with Gasteiger partial charge in [-0.3, -0.25) is 20.2 Å². The van der Waals surface area contributed by atoms with Crippen molar-refractivity contribution in [1.82, 2.24) is 16.3 Å². The molecular weight excluding hydrogens is 600 g/mol. The summed E-state index contributed by atoms with van der Waals surface area (Å²) < 4.78 is 16.5. The molecule has 3 unspecified atom stereocenters. The molecule has 0 aromatic carbocycles. The second-order valence-corrected chi connectivity index (χ2v) is 12.7. The van der Waals surface area contributed by atoms with E-state index in [4.69, 9.17) is 20.1 Å². The summed E-state index contributed by atoms with van der Waals surface area (Å²) >= 11 is 0. The summed E-state index contributed by atoms with van der Waals surface area (Å²) in [4.78, 5) is 50.7. The SMILES string of the molecule is CCCCCCC(CCCC)C(=O)OCCCCOC(=O)C(CCNNN)NC(=O)CCCOC(=O)C(CCCC)CCCCCC. The standard InChI is InChI=1S/C36H70N4O7/c1-5-9-13-15-22-30(20-11-7-3)34(42)45-27-17-18-28-47-36(44)32(25-26-38-40-37)39-33(41)24-19-29-46-35(43)31(21-12-8-4)23-16-14-10-6-2/h30-32,38,40H,5-29,37H2,1-4H3,(H,39,41). The molecular formula is C36H70N4O7. The Morgan fingerprint density at radius 2 is 0.979 bits per heavy atom. The zero-order chi connectivity index (χ0) is 35.0. The molecule has 0 spiro atoms. The normalized spacial score (nSPS) is 13.0. The number of carbonyl (C=O) groups is 4. The van der Waals surface area contributed by atoms with Crippen LogP contribution in [0.5, 0.6) is 0 Å². The van der Waals surface area contributed by atoms with Crippen LogP contribution in [-0.2, 0) is 33.4 Å². The van der Waals surface area contributed by atoms with Gasteiger partial charge in [-0.2, -0.15) is 5.53 Å². The maximum absolute atomic E-state index is 12.8. The van der Waals surface area contributed by atoms with E-state index < -0.39 is 12.0 Å². The third-order valence-electron chi connectivity index (χ3n) is 8.39. The van der Waals surface area contributed by atoms with Crippen LogP contribution >= 0.6 is 0 Å². The summed E-state index contributed by atoms with van der Waals surface area (Å²) in [6.07, 6.45) is 18.5. The van der Waals surface area contributed by atoms with Crippen LogP contribution in [-0.4, -0.2) is 56.2 Å². The van der Waals surface area contributed by atoms with Crippen LogP contribution in [0.1, 0.15) is 163 Å². The molecule has 11 heteroatoms. The first kappa shape index (κ1) is 44.8. The van der Waals surface area contributed by atoms with Gasteiger partial charge in [-0.1, -0.05) is 105 Å². The molecule has 3 atom stereocenters. The minimum atomic E-state index is -0.850. The Kier molecular flexibility index (Phi) is 30.8. The van der Waals surface area contributed by atoms with Crippen molar-refractivity contribution < 1.29 is 33.4 Å². The average molecular weight is 671 g/mol. The Morgan fingerprint density at radius 3 is 1.45 bits per heavy atom. The number of esters is 3. The van der Waals surface area contributed by atoms with E-state index in [1.807, 2.05) is 0 Å². The van der Waals surface area contributed by atoms with Gasteiger partial charge < -0.3 is 19.5 Å². The van der Waals surface area contributed by atoms with Crippen molar-refractivity contribution in [3.05, 3.63) is 0 Å². The lowest BCUT2D eigenvalue weighted by Gasteiger charge is -2.18. The molecule has 11 nitrogen and oxygen atoms in total. The highest BCUT2D eigenvalue weighted by atomic mass is 16.5. The molecule has 1 amide bonds. The summed E-state index contributed by atoms with van der Waals surface area (Å²) in [5.41, 5.74) is 5.03. The number of rotatable bonds is 33. The van der Waals surface area contributed by atoms with Gasteiger partial charge in [0.1, 0.15) is 6.04 Å². The Hall–Kier alpha value is -2.24. The number of carbonyl (C=O) groups excluding carboxylic acids is 4. The molecule has 0 heterocycles. The summed E-state index contributed by atoms with van der Waals surface area (Å²) in [7, 11) is 0. The van der Waals surface area contributed by atoms with Gasteiger partial charge in [-0.15, -0.1) is 0 Å². The van der Waals surface area contributed by atoms with Crippen molar-refractivity contribution in [2.24, 2.45) is 17.7 Å². The van der Waals surface area contributed by atoms with Gasteiger partial charge >= 0.3 is 17.9 Å². The topological polar surface area (TPSA) is 158 Å². The molecule has 0 aliphatic carbocycles. The fourth-order valence-corrected chi connectivity index (χ4v) is 5.39. The molecule has 0 rings (SSSR count). The molecule has 0 saturated carbocycles. The number of amides is 1. The van der Waals surface area contributed by atoms with Crippen molar-refractivity contribution in [3.8, 4) is 0 Å². The van der Waals surface area contributed by atoms with E-state index >= 15 is 0 Å². The van der Waals surface area contributed by atoms with E-state index in [1.165, 1.54) is 19.3 Å². The third kappa shape index (κ3) is 25.4. The van der Waals surface area contributed by atoms with Gasteiger partial charge in [0.2, 0.25) is 5.91 Å². The van der Waals surface area contributed by atoms with Gasteiger partial charge in [0.25, 0.3) is 0 Å². The van der Waals surface area contributed by atoms with Gasteiger partial charge in [0.15, 0.2) is 0 Å². The molecule has 0 radical (unpaired) electrons. The molecule has 0 aromatic rings. The molecule has 0 aromatic heterocycles. The van der Waals surface area contributed by atoms with Crippen LogP contribution in [0.3, 0.4) is 0 Å². The Labute approximate surface area is 285 Å². The first-order valence-electron chi connectivity index (χ1n) is 18.8. The number of hydrazine groups is 2. The minimum Gasteiger partial charge on any atom is -0.465 e. The lowest BCUT2D eigenvalue weighted by atomic mass is 9.95. The van der Waals surface area contributed by atoms with E-state index in [0.29, 0.717) is 32.4 Å². The van der Waals surface area contributed by atoms with Crippen molar-refractivity contribution in [2.45, 2.75) is 169 Å². The summed E-state index contributed by atoms with van der Waals surface area (Å²) in [5, 5.41) is 2.74. The van der Waals surface area contributed by atoms with Gasteiger partial charge in [-0.05, 0) is 51.4 Å². The largest absolute Gasteiger partial charge is 0.465 e. The third-order valence-corrected chi connectivity index (χ3v) is 8.39. The molecule has 47 heavy (non-hydrogen) atoms. The number of unbranched alkanes of at least 4 members (excludes halogenated alkanes) is 9. The van der Waals surface area contributed by atoms with Crippen LogP contribution in [0.15, 0.2) is 0 Å².